The molecule has 1 saturated heterocycles. The molecule has 1 unspecified atom stereocenters. The van der Waals surface area contributed by atoms with Gasteiger partial charge in [-0.1, -0.05) is 62.6 Å². The molecule has 2 heterocycles. The minimum atomic E-state index is -0.726. The zero-order chi connectivity index (χ0) is 20.7. The van der Waals surface area contributed by atoms with Gasteiger partial charge in [-0.25, -0.2) is 9.59 Å². The first kappa shape index (κ1) is 20.7. The third-order valence-electron chi connectivity index (χ3n) is 4.03. The number of nitrogens with one attached hydrogen (secondary N) is 2. The first-order valence-corrected chi connectivity index (χ1v) is 10.6. The van der Waals surface area contributed by atoms with Crippen molar-refractivity contribution in [1.29, 1.82) is 0 Å². The molecule has 9 nitrogen and oxygen atoms in total. The summed E-state index contributed by atoms with van der Waals surface area (Å²) in [7, 11) is 0. The molecule has 0 spiro atoms. The number of halogens is 4. The van der Waals surface area contributed by atoms with Crippen LogP contribution in [0.2, 0.25) is 15.2 Å². The number of ether oxygens (including phenoxy) is 1. The van der Waals surface area contributed by atoms with Crippen molar-refractivity contribution in [3.63, 3.8) is 0 Å². The van der Waals surface area contributed by atoms with E-state index in [1.807, 2.05) is 0 Å². The van der Waals surface area contributed by atoms with E-state index in [9.17, 15) is 9.59 Å². The summed E-state index contributed by atoms with van der Waals surface area (Å²) < 4.78 is 5.03. The van der Waals surface area contributed by atoms with Crippen LogP contribution in [0, 0.1) is 0 Å². The topological polar surface area (TPSA) is 106 Å². The largest absolute Gasteiger partial charge is 0.434 e. The highest BCUT2D eigenvalue weighted by Gasteiger charge is 2.34. The summed E-state index contributed by atoms with van der Waals surface area (Å²) in [5.41, 5.74) is 3.68. The number of anilines is 1. The number of rotatable bonds is 4. The second-order valence-electron chi connectivity index (χ2n) is 6.20. The number of carbonyl (C=O) groups excluding carboxylic acids is 2. The minimum absolute atomic E-state index is 0.135. The van der Waals surface area contributed by atoms with Crippen LogP contribution >= 0.6 is 57.4 Å². The lowest BCUT2D eigenvalue weighted by Gasteiger charge is -2.15. The van der Waals surface area contributed by atoms with E-state index in [-0.39, 0.29) is 27.4 Å². The van der Waals surface area contributed by atoms with Gasteiger partial charge >= 0.3 is 12.0 Å². The Morgan fingerprint density at radius 3 is 2.52 bits per heavy atom. The average molecular weight is 571 g/mol. The highest BCUT2D eigenvalue weighted by Crippen LogP contribution is 2.44. The molecule has 13 heteroatoms. The quantitative estimate of drug-likeness (QED) is 0.313. The number of carbonyl (C=O) groups is 2. The number of urea groups is 1. The normalized spacial score (nSPS) is 18.6. The molecule has 2 fully saturated rings. The van der Waals surface area contributed by atoms with Gasteiger partial charge in [0.1, 0.15) is 0 Å². The van der Waals surface area contributed by atoms with Gasteiger partial charge in [0.05, 0.1) is 10.0 Å². The van der Waals surface area contributed by atoms with Gasteiger partial charge < -0.3 is 14.9 Å². The average Bonchev–Trinajstić information content (AvgIpc) is 3.44. The maximum absolute atomic E-state index is 12.2. The highest BCUT2D eigenvalue weighted by molar-refractivity contribution is 14.1. The molecule has 1 aliphatic heterocycles. The summed E-state index contributed by atoms with van der Waals surface area (Å²) in [6.07, 6.45) is 2.08. The lowest BCUT2D eigenvalue weighted by molar-refractivity contribution is -0.162. The number of hydrazine groups is 1. The van der Waals surface area contributed by atoms with Crippen molar-refractivity contribution in [2.75, 3.05) is 5.32 Å². The third kappa shape index (κ3) is 4.61. The van der Waals surface area contributed by atoms with Gasteiger partial charge in [-0.15, -0.1) is 10.2 Å². The molecule has 1 atom stereocenters. The van der Waals surface area contributed by atoms with E-state index in [0.717, 1.165) is 18.4 Å². The van der Waals surface area contributed by atoms with Crippen molar-refractivity contribution in [1.82, 2.24) is 20.8 Å². The standard InChI is InChI=1S/C16H11Cl3IN5O4/c17-9-3-7(21-16(27)25-24-14(20)15(26)29-25)4-10(18)12(9)28-11-5-8(6-1-2-6)13(19)23-22-11/h3-6,14,24H,1-2H2,(H,21,27). The number of amides is 2. The fourth-order valence-electron chi connectivity index (χ4n) is 2.53. The van der Waals surface area contributed by atoms with E-state index in [1.54, 1.807) is 28.7 Å². The number of hydrogen-bond donors (Lipinski definition) is 2. The van der Waals surface area contributed by atoms with Crippen molar-refractivity contribution < 1.29 is 19.2 Å². The Balaban J connectivity index is 1.49. The van der Waals surface area contributed by atoms with E-state index in [2.05, 4.69) is 20.9 Å². The lowest BCUT2D eigenvalue weighted by Crippen LogP contribution is -2.40. The number of alkyl halides is 1. The van der Waals surface area contributed by atoms with Crippen LogP contribution in [-0.4, -0.2) is 31.4 Å². The number of hydroxylamine groups is 1. The van der Waals surface area contributed by atoms with Gasteiger partial charge in [0.2, 0.25) is 5.88 Å². The van der Waals surface area contributed by atoms with Crippen molar-refractivity contribution in [2.24, 2.45) is 0 Å². The highest BCUT2D eigenvalue weighted by atomic mass is 127. The summed E-state index contributed by atoms with van der Waals surface area (Å²) in [6.45, 7) is 0. The molecule has 1 aliphatic carbocycles. The first-order chi connectivity index (χ1) is 13.8. The molecule has 1 aromatic heterocycles. The van der Waals surface area contributed by atoms with Crippen LogP contribution in [0.25, 0.3) is 0 Å². The van der Waals surface area contributed by atoms with Crippen LogP contribution in [0.15, 0.2) is 18.2 Å². The van der Waals surface area contributed by atoms with Crippen LogP contribution in [-0.2, 0) is 9.63 Å². The van der Waals surface area contributed by atoms with E-state index in [4.69, 9.17) is 44.4 Å². The Bertz CT molecular complexity index is 984. The smallest absolute Gasteiger partial charge is 0.370 e. The molecule has 2 amide bonds. The molecular weight excluding hydrogens is 559 g/mol. The third-order valence-corrected chi connectivity index (χ3v) is 5.67. The predicted octanol–water partition coefficient (Wildman–Crippen LogP) is 4.68. The summed E-state index contributed by atoms with van der Waals surface area (Å²) in [5, 5.41) is 11.6. The summed E-state index contributed by atoms with van der Waals surface area (Å²) in [5.74, 6) is 0.135. The maximum Gasteiger partial charge on any atom is 0.370 e. The number of nitrogens with zero attached hydrogens (tertiary/aromatic N) is 3. The summed E-state index contributed by atoms with van der Waals surface area (Å²) in [6, 6.07) is 3.86. The van der Waals surface area contributed by atoms with Gasteiger partial charge in [-0.3, -0.25) is 0 Å². The molecule has 4 rings (SSSR count). The van der Waals surface area contributed by atoms with E-state index in [1.165, 1.54) is 12.1 Å². The van der Waals surface area contributed by atoms with Crippen LogP contribution in [0.3, 0.4) is 0 Å². The number of benzene rings is 1. The zero-order valence-corrected chi connectivity index (χ0v) is 18.7. The van der Waals surface area contributed by atoms with E-state index >= 15 is 0 Å². The first-order valence-electron chi connectivity index (χ1n) is 8.25. The number of hydrogen-bond acceptors (Lipinski definition) is 7. The molecule has 152 valence electrons. The lowest BCUT2D eigenvalue weighted by atomic mass is 10.2. The monoisotopic (exact) mass is 569 g/mol. The zero-order valence-electron chi connectivity index (χ0n) is 14.3. The van der Waals surface area contributed by atoms with Gasteiger partial charge in [0, 0.05) is 11.8 Å². The molecule has 0 bridgehead atoms. The molecule has 2 aliphatic rings. The van der Waals surface area contributed by atoms with Crippen molar-refractivity contribution in [2.45, 2.75) is 22.8 Å². The van der Waals surface area contributed by atoms with Gasteiger partial charge in [0.15, 0.2) is 15.0 Å². The summed E-state index contributed by atoms with van der Waals surface area (Å²) >= 11 is 20.4. The summed E-state index contributed by atoms with van der Waals surface area (Å²) in [4.78, 5) is 28.3. The second kappa shape index (κ2) is 8.26. The van der Waals surface area contributed by atoms with Crippen molar-refractivity contribution in [3.05, 3.63) is 39.0 Å². The van der Waals surface area contributed by atoms with Crippen LogP contribution in [0.1, 0.15) is 24.3 Å². The molecular formula is C16H11Cl3IN5O4. The van der Waals surface area contributed by atoms with Gasteiger partial charge in [0.25, 0.3) is 0 Å². The Morgan fingerprint density at radius 2 is 1.93 bits per heavy atom. The second-order valence-corrected chi connectivity index (χ2v) is 8.62. The Hall–Kier alpha value is -1.60. The molecule has 1 aromatic carbocycles. The molecule has 0 radical (unpaired) electrons. The predicted molar refractivity (Wildman–Crippen MR) is 113 cm³/mol. The maximum atomic E-state index is 12.2. The van der Waals surface area contributed by atoms with Crippen LogP contribution in [0.4, 0.5) is 10.5 Å². The van der Waals surface area contributed by atoms with E-state index < -0.39 is 16.0 Å². The van der Waals surface area contributed by atoms with Crippen molar-refractivity contribution in [3.8, 4) is 11.6 Å². The van der Waals surface area contributed by atoms with Crippen LogP contribution in [0.5, 0.6) is 11.6 Å². The Labute approximate surface area is 193 Å². The Kier molecular flexibility index (Phi) is 5.89. The molecule has 29 heavy (non-hydrogen) atoms. The number of aromatic nitrogens is 2. The van der Waals surface area contributed by atoms with E-state index in [0.29, 0.717) is 16.2 Å². The minimum Gasteiger partial charge on any atom is -0.434 e. The van der Waals surface area contributed by atoms with Crippen molar-refractivity contribution >= 4 is 75.1 Å². The Morgan fingerprint density at radius 1 is 1.24 bits per heavy atom. The fourth-order valence-corrected chi connectivity index (χ4v) is 3.71. The fraction of sp³-hybridized carbons (Fsp3) is 0.250. The van der Waals surface area contributed by atoms with Gasteiger partial charge in [-0.2, -0.15) is 5.43 Å². The molecule has 1 saturated carbocycles. The molecule has 2 aromatic rings. The van der Waals surface area contributed by atoms with Gasteiger partial charge in [-0.05, 0) is 36.5 Å². The SMILES string of the molecule is O=C1ON(C(=O)Nc2cc(Cl)c(Oc3cc(C4CC4)c(Cl)nn3)c(Cl)c2)NC1I. The van der Waals surface area contributed by atoms with Crippen LogP contribution < -0.4 is 15.5 Å². The molecule has 2 N–H and O–H groups in total.